The molecule has 0 aliphatic rings. The van der Waals surface area contributed by atoms with E-state index in [2.05, 4.69) is 37.9 Å². The maximum Gasteiger partial charge on any atom is 0.0406 e. The van der Waals surface area contributed by atoms with Gasteiger partial charge in [0.1, 0.15) is 0 Å². The van der Waals surface area contributed by atoms with Crippen LogP contribution in [0.25, 0.3) is 0 Å². The number of halogens is 1. The van der Waals surface area contributed by atoms with Gasteiger partial charge in [-0.1, -0.05) is 30.7 Å². The summed E-state index contributed by atoms with van der Waals surface area (Å²) in [5.41, 5.74) is 7.17. The zero-order chi connectivity index (χ0) is 12.2. The van der Waals surface area contributed by atoms with E-state index in [0.29, 0.717) is 6.54 Å². The molecule has 0 fully saturated rings. The van der Waals surface area contributed by atoms with Crippen LogP contribution >= 0.6 is 11.6 Å². The minimum Gasteiger partial charge on any atom is -0.329 e. The van der Waals surface area contributed by atoms with Crippen molar-refractivity contribution in [1.29, 1.82) is 0 Å². The summed E-state index contributed by atoms with van der Waals surface area (Å²) < 4.78 is 0. The monoisotopic (exact) mass is 240 g/mol. The normalized spacial score (nSPS) is 15.1. The van der Waals surface area contributed by atoms with E-state index in [1.807, 2.05) is 12.1 Å². The maximum atomic E-state index is 5.86. The second-order valence-electron chi connectivity index (χ2n) is 4.54. The van der Waals surface area contributed by atoms with Crippen LogP contribution in [0.15, 0.2) is 24.3 Å². The first-order valence-corrected chi connectivity index (χ1v) is 6.05. The molecule has 0 spiro atoms. The third-order valence-corrected chi connectivity index (χ3v) is 3.71. The number of likely N-dealkylation sites (N-methyl/N-ethyl adjacent to an activating group) is 1. The molecule has 0 amide bonds. The van der Waals surface area contributed by atoms with Crippen LogP contribution in [-0.2, 0) is 6.54 Å². The predicted molar refractivity (Wildman–Crippen MR) is 70.7 cm³/mol. The van der Waals surface area contributed by atoms with Gasteiger partial charge in [0, 0.05) is 23.7 Å². The van der Waals surface area contributed by atoms with Gasteiger partial charge in [0.05, 0.1) is 0 Å². The van der Waals surface area contributed by atoms with Crippen molar-refractivity contribution in [2.24, 2.45) is 5.73 Å². The lowest BCUT2D eigenvalue weighted by Gasteiger charge is -2.37. The largest absolute Gasteiger partial charge is 0.329 e. The number of rotatable bonds is 5. The summed E-state index contributed by atoms with van der Waals surface area (Å²) in [7, 11) is 2.12. The van der Waals surface area contributed by atoms with E-state index >= 15 is 0 Å². The molecular weight excluding hydrogens is 220 g/mol. The van der Waals surface area contributed by atoms with Gasteiger partial charge in [0.25, 0.3) is 0 Å². The Hall–Kier alpha value is -0.570. The quantitative estimate of drug-likeness (QED) is 0.858. The molecule has 0 bridgehead atoms. The van der Waals surface area contributed by atoms with E-state index in [4.69, 9.17) is 17.3 Å². The summed E-state index contributed by atoms with van der Waals surface area (Å²) >= 11 is 5.86. The fourth-order valence-corrected chi connectivity index (χ4v) is 1.75. The molecule has 1 atom stereocenters. The van der Waals surface area contributed by atoms with Gasteiger partial charge < -0.3 is 5.73 Å². The Morgan fingerprint density at radius 3 is 2.31 bits per heavy atom. The maximum absolute atomic E-state index is 5.86. The minimum absolute atomic E-state index is 0.0691. The van der Waals surface area contributed by atoms with E-state index in [1.165, 1.54) is 5.56 Å². The third kappa shape index (κ3) is 3.21. The van der Waals surface area contributed by atoms with Crippen LogP contribution in [0.1, 0.15) is 25.8 Å². The summed E-state index contributed by atoms with van der Waals surface area (Å²) in [6.07, 6.45) is 1.05. The van der Waals surface area contributed by atoms with Gasteiger partial charge in [-0.25, -0.2) is 0 Å². The van der Waals surface area contributed by atoms with Crippen LogP contribution in [0, 0.1) is 0 Å². The smallest absolute Gasteiger partial charge is 0.0406 e. The highest BCUT2D eigenvalue weighted by molar-refractivity contribution is 6.30. The van der Waals surface area contributed by atoms with Gasteiger partial charge in [-0.15, -0.1) is 0 Å². The number of hydrogen-bond donors (Lipinski definition) is 1. The predicted octanol–water partition coefficient (Wildman–Crippen LogP) is 2.90. The number of benzene rings is 1. The molecule has 0 saturated heterocycles. The van der Waals surface area contributed by atoms with Gasteiger partial charge in [-0.2, -0.15) is 0 Å². The molecule has 90 valence electrons. The average Bonchev–Trinajstić information content (AvgIpc) is 2.31. The van der Waals surface area contributed by atoms with Crippen LogP contribution in [0.4, 0.5) is 0 Å². The van der Waals surface area contributed by atoms with E-state index in [0.717, 1.165) is 18.0 Å². The fraction of sp³-hybridized carbons (Fsp3) is 0.538. The summed E-state index contributed by atoms with van der Waals surface area (Å²) in [5, 5.41) is 0.781. The lowest BCUT2D eigenvalue weighted by atomic mass is 9.96. The molecule has 0 aliphatic heterocycles. The Kier molecular flexibility index (Phi) is 4.78. The van der Waals surface area contributed by atoms with Crippen molar-refractivity contribution >= 4 is 11.6 Å². The van der Waals surface area contributed by atoms with Gasteiger partial charge in [0.15, 0.2) is 0 Å². The zero-order valence-electron chi connectivity index (χ0n) is 10.3. The first kappa shape index (κ1) is 13.5. The molecule has 0 saturated carbocycles. The number of nitrogens with two attached hydrogens (primary N) is 1. The second-order valence-corrected chi connectivity index (χ2v) is 4.97. The van der Waals surface area contributed by atoms with Crippen molar-refractivity contribution in [2.45, 2.75) is 32.4 Å². The number of nitrogens with zero attached hydrogens (tertiary/aromatic N) is 1. The molecule has 0 aromatic heterocycles. The van der Waals surface area contributed by atoms with Crippen molar-refractivity contribution < 1.29 is 0 Å². The Balaban J connectivity index is 2.70. The van der Waals surface area contributed by atoms with Crippen LogP contribution in [-0.4, -0.2) is 24.0 Å². The highest BCUT2D eigenvalue weighted by atomic mass is 35.5. The SMILES string of the molecule is CCC(C)(CN)N(C)Cc1ccc(Cl)cc1. The molecule has 1 aromatic rings. The Labute approximate surface area is 103 Å². The van der Waals surface area contributed by atoms with Crippen molar-refractivity contribution in [3.63, 3.8) is 0 Å². The summed E-state index contributed by atoms with van der Waals surface area (Å²) in [6, 6.07) is 7.98. The number of hydrogen-bond acceptors (Lipinski definition) is 2. The Bertz CT molecular complexity index is 317. The summed E-state index contributed by atoms with van der Waals surface area (Å²) in [6.45, 7) is 5.94. The second kappa shape index (κ2) is 5.67. The lowest BCUT2D eigenvalue weighted by Crippen LogP contribution is -2.48. The summed E-state index contributed by atoms with van der Waals surface area (Å²) in [5.74, 6) is 0. The van der Waals surface area contributed by atoms with Gasteiger partial charge in [0.2, 0.25) is 0 Å². The molecule has 3 heteroatoms. The average molecular weight is 241 g/mol. The van der Waals surface area contributed by atoms with Gasteiger partial charge in [-0.3, -0.25) is 4.90 Å². The van der Waals surface area contributed by atoms with Crippen molar-refractivity contribution in [3.8, 4) is 0 Å². The molecule has 2 N–H and O–H groups in total. The lowest BCUT2D eigenvalue weighted by molar-refractivity contribution is 0.131. The van der Waals surface area contributed by atoms with Crippen molar-refractivity contribution in [3.05, 3.63) is 34.9 Å². The minimum atomic E-state index is 0.0691. The van der Waals surface area contributed by atoms with Gasteiger partial charge in [-0.05, 0) is 38.1 Å². The molecule has 1 unspecified atom stereocenters. The molecule has 16 heavy (non-hydrogen) atoms. The molecule has 1 rings (SSSR count). The molecular formula is C13H21ClN2. The Morgan fingerprint density at radius 2 is 1.88 bits per heavy atom. The van der Waals surface area contributed by atoms with E-state index < -0.39 is 0 Å². The molecule has 0 heterocycles. The Morgan fingerprint density at radius 1 is 1.31 bits per heavy atom. The zero-order valence-corrected chi connectivity index (χ0v) is 11.1. The standard InChI is InChI=1S/C13H21ClN2/c1-4-13(2,10-15)16(3)9-11-5-7-12(14)8-6-11/h5-8H,4,9-10,15H2,1-3H3. The van der Waals surface area contributed by atoms with Crippen LogP contribution in [0.3, 0.4) is 0 Å². The summed E-state index contributed by atoms with van der Waals surface area (Å²) in [4.78, 5) is 2.30. The highest BCUT2D eigenvalue weighted by Crippen LogP contribution is 2.19. The third-order valence-electron chi connectivity index (χ3n) is 3.46. The van der Waals surface area contributed by atoms with Gasteiger partial charge >= 0.3 is 0 Å². The van der Waals surface area contributed by atoms with E-state index in [9.17, 15) is 0 Å². The van der Waals surface area contributed by atoms with Crippen LogP contribution < -0.4 is 5.73 Å². The molecule has 0 radical (unpaired) electrons. The molecule has 1 aromatic carbocycles. The fourth-order valence-electron chi connectivity index (χ4n) is 1.62. The van der Waals surface area contributed by atoms with Crippen LogP contribution in [0.5, 0.6) is 0 Å². The first-order chi connectivity index (χ1) is 7.51. The highest BCUT2D eigenvalue weighted by Gasteiger charge is 2.25. The molecule has 0 aliphatic carbocycles. The molecule has 2 nitrogen and oxygen atoms in total. The van der Waals surface area contributed by atoms with Crippen molar-refractivity contribution in [2.75, 3.05) is 13.6 Å². The first-order valence-electron chi connectivity index (χ1n) is 5.67. The topological polar surface area (TPSA) is 29.3 Å². The van der Waals surface area contributed by atoms with Crippen molar-refractivity contribution in [1.82, 2.24) is 4.90 Å². The van der Waals surface area contributed by atoms with E-state index in [-0.39, 0.29) is 5.54 Å². The van der Waals surface area contributed by atoms with Crippen LogP contribution in [0.2, 0.25) is 5.02 Å². The van der Waals surface area contributed by atoms with E-state index in [1.54, 1.807) is 0 Å².